The van der Waals surface area contributed by atoms with Crippen LogP contribution in [0.25, 0.3) is 22.6 Å². The first-order valence-corrected chi connectivity index (χ1v) is 9.73. The van der Waals surface area contributed by atoms with Gasteiger partial charge in [-0.3, -0.25) is 9.36 Å². The summed E-state index contributed by atoms with van der Waals surface area (Å²) in [6.45, 7) is 2.63. The molecule has 0 radical (unpaired) electrons. The van der Waals surface area contributed by atoms with Crippen LogP contribution in [0.15, 0.2) is 62.2 Å². The predicted octanol–water partition coefficient (Wildman–Crippen LogP) is 3.52. The van der Waals surface area contributed by atoms with Gasteiger partial charge in [0.15, 0.2) is 5.58 Å². The molecule has 2 aromatic heterocycles. The van der Waals surface area contributed by atoms with Crippen LogP contribution in [0.1, 0.15) is 24.3 Å². The van der Waals surface area contributed by atoms with Crippen LogP contribution in [-0.2, 0) is 22.5 Å². The minimum atomic E-state index is -0.414. The number of oxazole rings is 1. The fourth-order valence-corrected chi connectivity index (χ4v) is 3.08. The van der Waals surface area contributed by atoms with E-state index in [1.54, 1.807) is 6.07 Å². The van der Waals surface area contributed by atoms with E-state index in [4.69, 9.17) is 13.6 Å². The minimum absolute atomic E-state index is 0.143. The summed E-state index contributed by atoms with van der Waals surface area (Å²) < 4.78 is 17.6. The molecule has 0 unspecified atom stereocenters. The molecule has 0 spiro atoms. The van der Waals surface area contributed by atoms with Gasteiger partial charge in [-0.2, -0.15) is 0 Å². The van der Waals surface area contributed by atoms with Gasteiger partial charge in [0.25, 0.3) is 0 Å². The zero-order valence-corrected chi connectivity index (χ0v) is 16.5. The van der Waals surface area contributed by atoms with Crippen LogP contribution in [0, 0.1) is 6.92 Å². The number of aryl methyl sites for hydroxylation is 3. The second kappa shape index (κ2) is 8.77. The first kappa shape index (κ1) is 19.6. The van der Waals surface area contributed by atoms with Crippen LogP contribution < -0.4 is 5.76 Å². The summed E-state index contributed by atoms with van der Waals surface area (Å²) in [4.78, 5) is 23.9. The fourth-order valence-electron chi connectivity index (χ4n) is 3.08. The number of ether oxygens (including phenoxy) is 1. The van der Waals surface area contributed by atoms with Gasteiger partial charge in [0.05, 0.1) is 18.5 Å². The Kier molecular flexibility index (Phi) is 5.74. The summed E-state index contributed by atoms with van der Waals surface area (Å²) in [6.07, 6.45) is 0.959. The number of para-hydroxylation sites is 2. The number of hydrogen-bond donors (Lipinski definition) is 0. The van der Waals surface area contributed by atoms with E-state index in [0.29, 0.717) is 36.8 Å². The van der Waals surface area contributed by atoms with Gasteiger partial charge in [-0.1, -0.05) is 29.8 Å². The third-order valence-electron chi connectivity index (χ3n) is 4.67. The molecule has 0 atom stereocenters. The maximum atomic E-state index is 12.0. The largest absolute Gasteiger partial charge is 0.466 e. The Bertz CT molecular complexity index is 1200. The Labute approximate surface area is 172 Å². The molecule has 0 aliphatic heterocycles. The van der Waals surface area contributed by atoms with Crippen molar-refractivity contribution in [2.75, 3.05) is 6.61 Å². The summed E-state index contributed by atoms with van der Waals surface area (Å²) in [5, 5.41) is 8.00. The van der Waals surface area contributed by atoms with Gasteiger partial charge in [0, 0.05) is 18.5 Å². The van der Waals surface area contributed by atoms with Crippen molar-refractivity contribution in [1.29, 1.82) is 0 Å². The van der Waals surface area contributed by atoms with E-state index >= 15 is 0 Å². The van der Waals surface area contributed by atoms with Crippen LogP contribution in [0.4, 0.5) is 0 Å². The highest BCUT2D eigenvalue weighted by Gasteiger charge is 2.12. The second-order valence-electron chi connectivity index (χ2n) is 6.93. The fraction of sp³-hybridized carbons (Fsp3) is 0.273. The average Bonchev–Trinajstić information content (AvgIpc) is 3.34. The van der Waals surface area contributed by atoms with Gasteiger partial charge in [0.2, 0.25) is 11.8 Å². The molecule has 0 bridgehead atoms. The number of benzene rings is 2. The summed E-state index contributed by atoms with van der Waals surface area (Å²) in [7, 11) is 0. The van der Waals surface area contributed by atoms with E-state index in [1.165, 1.54) is 4.57 Å². The monoisotopic (exact) mass is 407 g/mol. The quantitative estimate of drug-likeness (QED) is 0.325. The van der Waals surface area contributed by atoms with Crippen molar-refractivity contribution in [2.45, 2.75) is 32.7 Å². The van der Waals surface area contributed by atoms with Crippen molar-refractivity contribution in [3.05, 3.63) is 70.5 Å². The van der Waals surface area contributed by atoms with Gasteiger partial charge in [0.1, 0.15) is 0 Å². The Balaban J connectivity index is 1.22. The van der Waals surface area contributed by atoms with Crippen LogP contribution in [0.5, 0.6) is 0 Å². The average molecular weight is 407 g/mol. The van der Waals surface area contributed by atoms with Crippen molar-refractivity contribution in [2.24, 2.45) is 0 Å². The third kappa shape index (κ3) is 4.48. The van der Waals surface area contributed by atoms with Crippen molar-refractivity contribution in [3.63, 3.8) is 0 Å². The first-order valence-electron chi connectivity index (χ1n) is 9.73. The molecule has 30 heavy (non-hydrogen) atoms. The zero-order valence-electron chi connectivity index (χ0n) is 16.5. The molecule has 8 nitrogen and oxygen atoms in total. The molecule has 154 valence electrons. The first-order chi connectivity index (χ1) is 14.6. The lowest BCUT2D eigenvalue weighted by Gasteiger charge is -2.04. The van der Waals surface area contributed by atoms with E-state index in [2.05, 4.69) is 10.2 Å². The maximum Gasteiger partial charge on any atom is 0.419 e. The normalized spacial score (nSPS) is 11.1. The lowest BCUT2D eigenvalue weighted by molar-refractivity contribution is -0.143. The van der Waals surface area contributed by atoms with Gasteiger partial charge in [-0.05, 0) is 37.6 Å². The number of rotatable bonds is 8. The molecule has 0 N–H and O–H groups in total. The lowest BCUT2D eigenvalue weighted by atomic mass is 10.1. The molecule has 0 amide bonds. The molecule has 0 aliphatic rings. The molecule has 2 heterocycles. The Morgan fingerprint density at radius 3 is 2.70 bits per heavy atom. The van der Waals surface area contributed by atoms with E-state index in [9.17, 15) is 9.59 Å². The van der Waals surface area contributed by atoms with Crippen LogP contribution in [0.2, 0.25) is 0 Å². The standard InChI is InChI=1S/C22H21N3O5/c1-15-7-9-16(10-8-15)21-24-23-19(30-21)11-12-20(26)28-14-4-13-25-17-5-2-3-6-18(17)29-22(25)27/h2-3,5-10H,4,11-14H2,1H3. The number of hydrogen-bond acceptors (Lipinski definition) is 7. The molecule has 2 aromatic carbocycles. The van der Waals surface area contributed by atoms with Crippen molar-refractivity contribution in [3.8, 4) is 11.5 Å². The maximum absolute atomic E-state index is 12.0. The molecular weight excluding hydrogens is 386 g/mol. The number of carbonyl (C=O) groups is 1. The van der Waals surface area contributed by atoms with Crippen molar-refractivity contribution < 1.29 is 18.4 Å². The van der Waals surface area contributed by atoms with Crippen LogP contribution in [0.3, 0.4) is 0 Å². The van der Waals surface area contributed by atoms with E-state index in [-0.39, 0.29) is 19.0 Å². The highest BCUT2D eigenvalue weighted by Crippen LogP contribution is 2.19. The Hall–Kier alpha value is -3.68. The van der Waals surface area contributed by atoms with Gasteiger partial charge < -0.3 is 13.6 Å². The van der Waals surface area contributed by atoms with Crippen LogP contribution >= 0.6 is 0 Å². The molecule has 0 saturated heterocycles. The molecule has 0 saturated carbocycles. The number of aromatic nitrogens is 3. The van der Waals surface area contributed by atoms with Crippen LogP contribution in [-0.4, -0.2) is 27.3 Å². The summed E-state index contributed by atoms with van der Waals surface area (Å²) in [5.41, 5.74) is 3.26. The molecule has 8 heteroatoms. The smallest absolute Gasteiger partial charge is 0.419 e. The SMILES string of the molecule is Cc1ccc(-c2nnc(CCC(=O)OCCCn3c(=O)oc4ccccc43)o2)cc1. The predicted molar refractivity (Wildman–Crippen MR) is 109 cm³/mol. The zero-order chi connectivity index (χ0) is 20.9. The minimum Gasteiger partial charge on any atom is -0.466 e. The molecule has 0 fully saturated rings. The number of nitrogens with zero attached hydrogens (tertiary/aromatic N) is 3. The van der Waals surface area contributed by atoms with Crippen molar-refractivity contribution in [1.82, 2.24) is 14.8 Å². The van der Waals surface area contributed by atoms with Gasteiger partial charge in [-0.25, -0.2) is 4.79 Å². The number of fused-ring (bicyclic) bond motifs is 1. The molecule has 4 aromatic rings. The highest BCUT2D eigenvalue weighted by molar-refractivity contribution is 5.72. The third-order valence-corrected chi connectivity index (χ3v) is 4.67. The number of esters is 1. The van der Waals surface area contributed by atoms with Gasteiger partial charge in [-0.15, -0.1) is 10.2 Å². The van der Waals surface area contributed by atoms with E-state index < -0.39 is 5.76 Å². The highest BCUT2D eigenvalue weighted by atomic mass is 16.5. The second-order valence-corrected chi connectivity index (χ2v) is 6.93. The Morgan fingerprint density at radius 1 is 1.07 bits per heavy atom. The lowest BCUT2D eigenvalue weighted by Crippen LogP contribution is -2.16. The van der Waals surface area contributed by atoms with E-state index in [0.717, 1.165) is 16.6 Å². The number of carbonyl (C=O) groups excluding carboxylic acids is 1. The summed E-state index contributed by atoms with van der Waals surface area (Å²) >= 11 is 0. The van der Waals surface area contributed by atoms with Crippen molar-refractivity contribution >= 4 is 17.1 Å². The van der Waals surface area contributed by atoms with E-state index in [1.807, 2.05) is 49.4 Å². The molecule has 4 rings (SSSR count). The Morgan fingerprint density at radius 2 is 1.87 bits per heavy atom. The topological polar surface area (TPSA) is 100 Å². The molecule has 0 aliphatic carbocycles. The summed E-state index contributed by atoms with van der Waals surface area (Å²) in [6, 6.07) is 15.0. The van der Waals surface area contributed by atoms with Gasteiger partial charge >= 0.3 is 11.7 Å². The molecular formula is C22H21N3O5. The summed E-state index contributed by atoms with van der Waals surface area (Å²) in [5.74, 6) is 0.0490.